The fourth-order valence-corrected chi connectivity index (χ4v) is 3.92. The van der Waals surface area contributed by atoms with E-state index < -0.39 is 12.2 Å². The Bertz CT molecular complexity index is 1060. The van der Waals surface area contributed by atoms with Gasteiger partial charge in [-0.05, 0) is 51.3 Å². The van der Waals surface area contributed by atoms with Crippen LogP contribution >= 0.6 is 27.5 Å². The van der Waals surface area contributed by atoms with E-state index in [2.05, 4.69) is 40.1 Å². The number of aliphatic hydroxyl groups is 3. The van der Waals surface area contributed by atoms with E-state index in [4.69, 9.17) is 26.2 Å². The smallest absolute Gasteiger partial charge is 0.133 e. The molecule has 2 atom stereocenters. The molecule has 34 heavy (non-hydrogen) atoms. The van der Waals surface area contributed by atoms with Crippen LogP contribution in [0.2, 0.25) is 0 Å². The summed E-state index contributed by atoms with van der Waals surface area (Å²) in [6, 6.07) is 13.6. The van der Waals surface area contributed by atoms with Crippen molar-refractivity contribution in [2.24, 2.45) is 0 Å². The SMILES string of the molecule is CC(C)(c1ccc(OC[C@@H](O)Cn2cc(CO)nn2)cc1)c1ccc(OC[C@@H](O)CCl)c(Br)c1. The van der Waals surface area contributed by atoms with Gasteiger partial charge in [0.05, 0.1) is 29.7 Å². The molecule has 0 amide bonds. The molecule has 0 unspecified atom stereocenters. The van der Waals surface area contributed by atoms with Gasteiger partial charge in [-0.15, -0.1) is 16.7 Å². The minimum Gasteiger partial charge on any atom is -0.491 e. The molecular formula is C24H29BrClN3O5. The highest BCUT2D eigenvalue weighted by Crippen LogP contribution is 2.36. The second kappa shape index (κ2) is 12.0. The van der Waals surface area contributed by atoms with Crippen LogP contribution in [0.1, 0.15) is 30.7 Å². The van der Waals surface area contributed by atoms with Crippen molar-refractivity contribution >= 4 is 27.5 Å². The Labute approximate surface area is 212 Å². The van der Waals surface area contributed by atoms with Gasteiger partial charge in [0.15, 0.2) is 0 Å². The standard InChI is InChI=1S/C24H29BrClN3O5/c1-24(2,17-5-8-23(22(25)9-17)34-14-19(31)10-26)16-3-6-21(7-4-16)33-15-20(32)12-29-11-18(13-30)27-28-29/h3-9,11,19-20,30-32H,10,12-15H2,1-2H3/t19-,20-/m0/s1. The highest BCUT2D eigenvalue weighted by molar-refractivity contribution is 9.10. The molecule has 3 rings (SSSR count). The maximum Gasteiger partial charge on any atom is 0.133 e. The van der Waals surface area contributed by atoms with Crippen LogP contribution in [0.15, 0.2) is 53.1 Å². The number of aromatic nitrogens is 3. The van der Waals surface area contributed by atoms with Gasteiger partial charge in [-0.1, -0.05) is 37.3 Å². The van der Waals surface area contributed by atoms with Crippen molar-refractivity contribution < 1.29 is 24.8 Å². The molecule has 184 valence electrons. The monoisotopic (exact) mass is 553 g/mol. The highest BCUT2D eigenvalue weighted by atomic mass is 79.9. The van der Waals surface area contributed by atoms with Crippen molar-refractivity contribution in [2.75, 3.05) is 19.1 Å². The highest BCUT2D eigenvalue weighted by Gasteiger charge is 2.24. The molecule has 0 saturated carbocycles. The summed E-state index contributed by atoms with van der Waals surface area (Å²) >= 11 is 9.17. The lowest BCUT2D eigenvalue weighted by molar-refractivity contribution is 0.0888. The van der Waals surface area contributed by atoms with Crippen LogP contribution in [0.3, 0.4) is 0 Å². The van der Waals surface area contributed by atoms with Gasteiger partial charge in [-0.2, -0.15) is 0 Å². The molecule has 3 N–H and O–H groups in total. The second-order valence-electron chi connectivity index (χ2n) is 8.47. The quantitative estimate of drug-likeness (QED) is 0.295. The van der Waals surface area contributed by atoms with Gasteiger partial charge in [-0.3, -0.25) is 0 Å². The van der Waals surface area contributed by atoms with Crippen molar-refractivity contribution in [2.45, 2.75) is 44.6 Å². The van der Waals surface area contributed by atoms with Crippen molar-refractivity contribution in [3.63, 3.8) is 0 Å². The average Bonchev–Trinajstić information content (AvgIpc) is 3.29. The maximum absolute atomic E-state index is 10.2. The van der Waals surface area contributed by atoms with Crippen LogP contribution in [0.4, 0.5) is 0 Å². The molecule has 0 radical (unpaired) electrons. The minimum absolute atomic E-state index is 0.101. The number of hydrogen-bond acceptors (Lipinski definition) is 7. The first-order chi connectivity index (χ1) is 16.2. The van der Waals surface area contributed by atoms with E-state index in [0.29, 0.717) is 17.2 Å². The summed E-state index contributed by atoms with van der Waals surface area (Å²) in [6.45, 7) is 4.52. The van der Waals surface area contributed by atoms with E-state index >= 15 is 0 Å². The van der Waals surface area contributed by atoms with Crippen LogP contribution < -0.4 is 9.47 Å². The first kappa shape index (κ1) is 26.4. The Hall–Kier alpha value is -2.17. The van der Waals surface area contributed by atoms with Crippen molar-refractivity contribution in [1.82, 2.24) is 15.0 Å². The van der Waals surface area contributed by atoms with Crippen LogP contribution in [-0.2, 0) is 18.6 Å². The minimum atomic E-state index is -0.770. The van der Waals surface area contributed by atoms with Gasteiger partial charge in [0.1, 0.15) is 42.6 Å². The summed E-state index contributed by atoms with van der Waals surface area (Å²) in [5.41, 5.74) is 2.35. The number of benzene rings is 2. The third kappa shape index (κ3) is 6.93. The Kier molecular flexibility index (Phi) is 9.32. The van der Waals surface area contributed by atoms with Gasteiger partial charge in [0.25, 0.3) is 0 Å². The van der Waals surface area contributed by atoms with Gasteiger partial charge >= 0.3 is 0 Å². The number of alkyl halides is 1. The molecule has 0 saturated heterocycles. The number of halogens is 2. The summed E-state index contributed by atoms with van der Waals surface area (Å²) in [5.74, 6) is 1.41. The number of rotatable bonds is 12. The van der Waals surface area contributed by atoms with E-state index in [9.17, 15) is 10.2 Å². The lowest BCUT2D eigenvalue weighted by Crippen LogP contribution is -2.24. The van der Waals surface area contributed by atoms with Crippen molar-refractivity contribution in [1.29, 1.82) is 0 Å². The third-order valence-electron chi connectivity index (χ3n) is 5.43. The van der Waals surface area contributed by atoms with Gasteiger partial charge < -0.3 is 24.8 Å². The van der Waals surface area contributed by atoms with E-state index in [-0.39, 0.29) is 37.7 Å². The summed E-state index contributed by atoms with van der Waals surface area (Å²) < 4.78 is 13.6. The molecule has 10 heteroatoms. The third-order valence-corrected chi connectivity index (χ3v) is 6.40. The van der Waals surface area contributed by atoms with Gasteiger partial charge in [0, 0.05) is 5.41 Å². The zero-order chi connectivity index (χ0) is 24.7. The Morgan fingerprint density at radius 3 is 2.32 bits per heavy atom. The molecule has 0 aliphatic carbocycles. The van der Waals surface area contributed by atoms with Gasteiger partial charge in [0.2, 0.25) is 0 Å². The molecular weight excluding hydrogens is 526 g/mol. The number of ether oxygens (including phenoxy) is 2. The predicted octanol–water partition coefficient (Wildman–Crippen LogP) is 3.28. The zero-order valence-corrected chi connectivity index (χ0v) is 21.4. The molecule has 0 fully saturated rings. The lowest BCUT2D eigenvalue weighted by atomic mass is 9.78. The Morgan fingerprint density at radius 2 is 1.71 bits per heavy atom. The van der Waals surface area contributed by atoms with Crippen LogP contribution in [-0.4, -0.2) is 61.6 Å². The fourth-order valence-electron chi connectivity index (χ4n) is 3.33. The molecule has 1 aromatic heterocycles. The summed E-state index contributed by atoms with van der Waals surface area (Å²) in [4.78, 5) is 0. The van der Waals surface area contributed by atoms with Crippen molar-refractivity contribution in [3.05, 3.63) is 70.0 Å². The molecule has 1 heterocycles. The molecule has 3 aromatic rings. The van der Waals surface area contributed by atoms with Crippen LogP contribution in [0.25, 0.3) is 0 Å². The zero-order valence-electron chi connectivity index (χ0n) is 19.1. The first-order valence-electron chi connectivity index (χ1n) is 10.8. The lowest BCUT2D eigenvalue weighted by Gasteiger charge is -2.27. The average molecular weight is 555 g/mol. The summed E-state index contributed by atoms with van der Waals surface area (Å²) in [5, 5.41) is 36.5. The number of aliphatic hydroxyl groups excluding tert-OH is 3. The molecule has 0 bridgehead atoms. The maximum atomic E-state index is 10.2. The number of nitrogens with zero attached hydrogens (tertiary/aromatic N) is 3. The van der Waals surface area contributed by atoms with E-state index in [1.807, 2.05) is 42.5 Å². The van der Waals surface area contributed by atoms with Crippen LogP contribution in [0, 0.1) is 0 Å². The molecule has 0 spiro atoms. The van der Waals surface area contributed by atoms with E-state index in [1.54, 1.807) is 6.20 Å². The number of hydrogen-bond donors (Lipinski definition) is 3. The summed E-state index contributed by atoms with van der Waals surface area (Å²) in [6.07, 6.45) is 0.0987. The largest absolute Gasteiger partial charge is 0.491 e. The van der Waals surface area contributed by atoms with Crippen molar-refractivity contribution in [3.8, 4) is 11.5 Å². The molecule has 0 aliphatic heterocycles. The van der Waals surface area contributed by atoms with Gasteiger partial charge in [-0.25, -0.2) is 4.68 Å². The van der Waals surface area contributed by atoms with E-state index in [0.717, 1.165) is 15.6 Å². The predicted molar refractivity (Wildman–Crippen MR) is 132 cm³/mol. The van der Waals surface area contributed by atoms with E-state index in [1.165, 1.54) is 4.68 Å². The molecule has 8 nitrogen and oxygen atoms in total. The Balaban J connectivity index is 1.59. The molecule has 2 aromatic carbocycles. The topological polar surface area (TPSA) is 110 Å². The summed E-state index contributed by atoms with van der Waals surface area (Å²) in [7, 11) is 0. The second-order valence-corrected chi connectivity index (χ2v) is 9.63. The first-order valence-corrected chi connectivity index (χ1v) is 12.1. The Morgan fingerprint density at radius 1 is 1.03 bits per heavy atom. The van der Waals surface area contributed by atoms with Crippen LogP contribution in [0.5, 0.6) is 11.5 Å². The fraction of sp³-hybridized carbons (Fsp3) is 0.417. The molecule has 0 aliphatic rings. The normalized spacial score (nSPS) is 13.5.